The monoisotopic (exact) mass is 360 g/mol. The zero-order valence-electron chi connectivity index (χ0n) is 13.4. The zero-order valence-corrected chi connectivity index (χ0v) is 14.2. The van der Waals surface area contributed by atoms with Crippen LogP contribution in [0.5, 0.6) is 0 Å². The van der Waals surface area contributed by atoms with Crippen molar-refractivity contribution >= 4 is 27.8 Å². The van der Waals surface area contributed by atoms with Crippen LogP contribution >= 0.6 is 0 Å². The minimum absolute atomic E-state index is 0.00457. The van der Waals surface area contributed by atoms with Crippen LogP contribution in [0.3, 0.4) is 0 Å². The molecular formula is C17H16N2O5S. The largest absolute Gasteiger partial charge is 0.467 e. The number of anilines is 1. The van der Waals surface area contributed by atoms with Gasteiger partial charge in [-0.15, -0.1) is 0 Å². The smallest absolute Gasteiger partial charge is 0.331 e. The number of methoxy groups -OCH3 is 1. The molecule has 130 valence electrons. The summed E-state index contributed by atoms with van der Waals surface area (Å²) in [6.07, 6.45) is 1.33. The van der Waals surface area contributed by atoms with Crippen molar-refractivity contribution in [3.8, 4) is 0 Å². The lowest BCUT2D eigenvalue weighted by molar-refractivity contribution is -0.142. The van der Waals surface area contributed by atoms with Crippen LogP contribution in [-0.2, 0) is 30.8 Å². The van der Waals surface area contributed by atoms with E-state index in [0.29, 0.717) is 11.3 Å². The van der Waals surface area contributed by atoms with Crippen LogP contribution in [0.2, 0.25) is 0 Å². The number of carbonyl (C=O) groups excluding carboxylic acids is 2. The van der Waals surface area contributed by atoms with Crippen molar-refractivity contribution in [1.29, 1.82) is 0 Å². The molecule has 1 N–H and O–H groups in total. The molecule has 25 heavy (non-hydrogen) atoms. The first-order chi connectivity index (χ1) is 12.0. The molecule has 1 atom stereocenters. The molecule has 0 spiro atoms. The number of hydrogen-bond acceptors (Lipinski definition) is 6. The Morgan fingerprint density at radius 3 is 2.44 bits per heavy atom. The molecule has 0 aliphatic carbocycles. The van der Waals surface area contributed by atoms with Gasteiger partial charge in [0, 0.05) is 6.42 Å². The zero-order chi connectivity index (χ0) is 18.3. The summed E-state index contributed by atoms with van der Waals surface area (Å²) >= 11 is 0. The number of esters is 1. The van der Waals surface area contributed by atoms with Gasteiger partial charge in [0.15, 0.2) is 6.04 Å². The van der Waals surface area contributed by atoms with Gasteiger partial charge < -0.3 is 4.74 Å². The fraction of sp³-hybridized carbons (Fsp3) is 0.176. The molecule has 0 aromatic heterocycles. The highest BCUT2D eigenvalue weighted by molar-refractivity contribution is 7.92. The molecule has 0 radical (unpaired) electrons. The molecular weight excluding hydrogens is 344 g/mol. The maximum absolute atomic E-state index is 12.5. The van der Waals surface area contributed by atoms with E-state index in [-0.39, 0.29) is 11.3 Å². The minimum atomic E-state index is -3.78. The molecule has 0 aliphatic heterocycles. The molecule has 0 amide bonds. The van der Waals surface area contributed by atoms with Gasteiger partial charge in [0.25, 0.3) is 10.0 Å². The van der Waals surface area contributed by atoms with Gasteiger partial charge in [-0.3, -0.25) is 4.72 Å². The summed E-state index contributed by atoms with van der Waals surface area (Å²) in [5.74, 6) is -0.705. The lowest BCUT2D eigenvalue weighted by Crippen LogP contribution is -2.23. The van der Waals surface area contributed by atoms with Crippen molar-refractivity contribution in [3.05, 3.63) is 60.2 Å². The molecule has 0 heterocycles. The number of nitrogens with one attached hydrogen (secondary N) is 1. The number of para-hydroxylation sites is 1. The second-order valence-corrected chi connectivity index (χ2v) is 6.72. The van der Waals surface area contributed by atoms with Crippen LogP contribution < -0.4 is 4.72 Å². The number of carbonyl (C=O) groups is 1. The molecule has 8 heteroatoms. The molecule has 0 fully saturated rings. The Hall–Kier alpha value is -2.96. The van der Waals surface area contributed by atoms with Gasteiger partial charge in [-0.25, -0.2) is 18.0 Å². The molecule has 1 unspecified atom stereocenters. The Kier molecular flexibility index (Phi) is 6.05. The number of isocyanates is 1. The molecule has 0 saturated heterocycles. The van der Waals surface area contributed by atoms with Crippen LogP contribution in [0.1, 0.15) is 5.56 Å². The van der Waals surface area contributed by atoms with E-state index < -0.39 is 22.0 Å². The van der Waals surface area contributed by atoms with Crippen LogP contribution in [-0.4, -0.2) is 33.6 Å². The number of hydrogen-bond donors (Lipinski definition) is 1. The van der Waals surface area contributed by atoms with Gasteiger partial charge in [0.2, 0.25) is 6.08 Å². The van der Waals surface area contributed by atoms with Crippen molar-refractivity contribution in [2.24, 2.45) is 4.99 Å². The van der Waals surface area contributed by atoms with Crippen LogP contribution in [0.25, 0.3) is 0 Å². The Labute approximate surface area is 145 Å². The molecule has 7 nitrogen and oxygen atoms in total. The molecule has 0 saturated carbocycles. The molecule has 0 bridgehead atoms. The maximum Gasteiger partial charge on any atom is 0.331 e. The number of rotatable bonds is 7. The summed E-state index contributed by atoms with van der Waals surface area (Å²) in [6.45, 7) is 0. The van der Waals surface area contributed by atoms with E-state index in [1.54, 1.807) is 42.5 Å². The lowest BCUT2D eigenvalue weighted by atomic mass is 10.0. The normalized spacial score (nSPS) is 11.9. The van der Waals surface area contributed by atoms with Crippen LogP contribution in [0.15, 0.2) is 64.5 Å². The van der Waals surface area contributed by atoms with E-state index >= 15 is 0 Å². The number of ether oxygens (including phenoxy) is 1. The Morgan fingerprint density at radius 2 is 1.80 bits per heavy atom. The van der Waals surface area contributed by atoms with E-state index in [4.69, 9.17) is 0 Å². The number of nitrogens with zero attached hydrogens (tertiary/aromatic N) is 1. The van der Waals surface area contributed by atoms with Crippen molar-refractivity contribution in [2.45, 2.75) is 17.4 Å². The van der Waals surface area contributed by atoms with E-state index in [9.17, 15) is 18.0 Å². The van der Waals surface area contributed by atoms with Gasteiger partial charge in [-0.1, -0.05) is 36.4 Å². The fourth-order valence-electron chi connectivity index (χ4n) is 2.19. The van der Waals surface area contributed by atoms with Gasteiger partial charge in [0.05, 0.1) is 17.7 Å². The average molecular weight is 360 g/mol. The first-order valence-corrected chi connectivity index (χ1v) is 8.77. The number of aliphatic imine (C=N–C) groups is 1. The summed E-state index contributed by atoms with van der Waals surface area (Å²) < 4.78 is 32.0. The van der Waals surface area contributed by atoms with E-state index in [1.807, 2.05) is 0 Å². The first kappa shape index (κ1) is 18.4. The van der Waals surface area contributed by atoms with Crippen molar-refractivity contribution in [3.63, 3.8) is 0 Å². The van der Waals surface area contributed by atoms with Gasteiger partial charge in [-0.2, -0.15) is 4.99 Å². The summed E-state index contributed by atoms with van der Waals surface area (Å²) in [5, 5.41) is 0. The van der Waals surface area contributed by atoms with Crippen LogP contribution in [0.4, 0.5) is 5.69 Å². The molecule has 2 aromatic carbocycles. The van der Waals surface area contributed by atoms with Crippen molar-refractivity contribution < 1.29 is 22.7 Å². The van der Waals surface area contributed by atoms with Gasteiger partial charge in [-0.05, 0) is 23.8 Å². The highest BCUT2D eigenvalue weighted by atomic mass is 32.2. The SMILES string of the molecule is COC(=O)C(Cc1ccccc1NS(=O)(=O)c1ccccc1)N=C=O. The topological polar surface area (TPSA) is 102 Å². The second kappa shape index (κ2) is 8.23. The fourth-order valence-corrected chi connectivity index (χ4v) is 3.31. The molecule has 0 aliphatic rings. The third-order valence-electron chi connectivity index (χ3n) is 3.41. The van der Waals surface area contributed by atoms with E-state index in [2.05, 4.69) is 14.5 Å². The third-order valence-corrected chi connectivity index (χ3v) is 4.79. The summed E-state index contributed by atoms with van der Waals surface area (Å²) in [5.41, 5.74) is 0.790. The first-order valence-electron chi connectivity index (χ1n) is 7.28. The predicted molar refractivity (Wildman–Crippen MR) is 91.3 cm³/mol. The van der Waals surface area contributed by atoms with E-state index in [0.717, 1.165) is 0 Å². The summed E-state index contributed by atoms with van der Waals surface area (Å²) in [6, 6.07) is 13.3. The Balaban J connectivity index is 2.32. The van der Waals surface area contributed by atoms with Gasteiger partial charge in [0.1, 0.15) is 0 Å². The molecule has 2 aromatic rings. The maximum atomic E-state index is 12.5. The van der Waals surface area contributed by atoms with Crippen LogP contribution in [0, 0.1) is 0 Å². The third kappa shape index (κ3) is 4.76. The minimum Gasteiger partial charge on any atom is -0.467 e. The second-order valence-electron chi connectivity index (χ2n) is 5.04. The quantitative estimate of drug-likeness (QED) is 0.462. The number of benzene rings is 2. The summed E-state index contributed by atoms with van der Waals surface area (Å²) in [4.78, 5) is 25.7. The number of sulfonamides is 1. The van der Waals surface area contributed by atoms with Gasteiger partial charge >= 0.3 is 5.97 Å². The standard InChI is InChI=1S/C17H16N2O5S/c1-24-17(21)16(18-12-20)11-13-7-5-6-10-15(13)19-25(22,23)14-8-3-2-4-9-14/h2-10,16,19H,11H2,1H3. The van der Waals surface area contributed by atoms with E-state index in [1.165, 1.54) is 25.3 Å². The average Bonchev–Trinajstić information content (AvgIpc) is 2.62. The lowest BCUT2D eigenvalue weighted by Gasteiger charge is -2.14. The highest BCUT2D eigenvalue weighted by Gasteiger charge is 2.22. The van der Waals surface area contributed by atoms with Crippen molar-refractivity contribution in [1.82, 2.24) is 0 Å². The Bertz CT molecular complexity index is 890. The predicted octanol–water partition coefficient (Wildman–Crippen LogP) is 1.91. The van der Waals surface area contributed by atoms with Crippen molar-refractivity contribution in [2.75, 3.05) is 11.8 Å². The summed E-state index contributed by atoms with van der Waals surface area (Å²) in [7, 11) is -2.60. The highest BCUT2D eigenvalue weighted by Crippen LogP contribution is 2.22. The Morgan fingerprint density at radius 1 is 1.16 bits per heavy atom. The molecule has 2 rings (SSSR count).